The van der Waals surface area contributed by atoms with Gasteiger partial charge in [0.05, 0.1) is 5.69 Å². The van der Waals surface area contributed by atoms with E-state index in [1.165, 1.54) is 0 Å². The van der Waals surface area contributed by atoms with Crippen LogP contribution < -0.4 is 20.4 Å². The monoisotopic (exact) mass is 492 g/mol. The molecule has 3 aliphatic heterocycles. The molecular weight excluding hydrogens is 456 g/mol. The van der Waals surface area contributed by atoms with Crippen molar-refractivity contribution in [2.24, 2.45) is 0 Å². The van der Waals surface area contributed by atoms with Crippen LogP contribution in [0.2, 0.25) is 0 Å². The number of aromatic nitrogens is 1. The molecule has 0 aliphatic carbocycles. The van der Waals surface area contributed by atoms with Crippen molar-refractivity contribution in [1.82, 2.24) is 15.2 Å². The van der Waals surface area contributed by atoms with Crippen molar-refractivity contribution in [3.05, 3.63) is 42.0 Å². The van der Waals surface area contributed by atoms with Gasteiger partial charge < -0.3 is 30.1 Å². The average molecular weight is 493 g/mol. The molecule has 4 heterocycles. The van der Waals surface area contributed by atoms with Crippen LogP contribution in [0.5, 0.6) is 0 Å². The predicted molar refractivity (Wildman–Crippen MR) is 141 cm³/mol. The summed E-state index contributed by atoms with van der Waals surface area (Å²) in [5, 5.41) is 6.55. The largest absolute Gasteiger partial charge is 0.381 e. The molecule has 0 unspecified atom stereocenters. The van der Waals surface area contributed by atoms with Crippen LogP contribution in [-0.4, -0.2) is 80.2 Å². The van der Waals surface area contributed by atoms with Gasteiger partial charge in [-0.25, -0.2) is 4.98 Å². The highest BCUT2D eigenvalue weighted by atomic mass is 16.5. The third kappa shape index (κ3) is 5.03. The fraction of sp³-hybridized carbons (Fsp3) is 0.519. The lowest BCUT2D eigenvalue weighted by molar-refractivity contribution is -0.119. The zero-order chi connectivity index (χ0) is 25.2. The number of likely N-dealkylation sites (N-methyl/N-ethyl adjacent to an activating group) is 1. The van der Waals surface area contributed by atoms with E-state index in [2.05, 4.69) is 27.5 Å². The van der Waals surface area contributed by atoms with Gasteiger partial charge in [-0.15, -0.1) is 0 Å². The van der Waals surface area contributed by atoms with Crippen LogP contribution in [0.15, 0.2) is 36.4 Å². The van der Waals surface area contributed by atoms with Crippen molar-refractivity contribution < 1.29 is 14.3 Å². The quantitative estimate of drug-likeness (QED) is 0.663. The first-order valence-electron chi connectivity index (χ1n) is 12.9. The van der Waals surface area contributed by atoms with Crippen molar-refractivity contribution in [2.75, 3.05) is 55.5 Å². The Labute approximate surface area is 212 Å². The number of piperidine rings is 1. The van der Waals surface area contributed by atoms with Crippen LogP contribution in [0.4, 0.5) is 23.0 Å². The molecule has 0 spiro atoms. The normalized spacial score (nSPS) is 21.9. The molecule has 36 heavy (non-hydrogen) atoms. The highest BCUT2D eigenvalue weighted by Crippen LogP contribution is 2.38. The van der Waals surface area contributed by atoms with Gasteiger partial charge >= 0.3 is 0 Å². The summed E-state index contributed by atoms with van der Waals surface area (Å²) in [5.74, 6) is 1.50. The molecule has 0 bridgehead atoms. The maximum atomic E-state index is 12.9. The molecule has 2 saturated heterocycles. The third-order valence-corrected chi connectivity index (χ3v) is 7.60. The molecule has 3 aliphatic rings. The standard InChI is InChI=1S/C27H36N6O3/c1-18-27(35)32(3)23-7-8-24(30-25(23)33(18)22-11-15-36-16-12-22)28-21-6-4-5-19(17-21)26(34)29-20-9-13-31(2)14-10-20/h4-8,17-18,20,22H,9-16H2,1-3H3,(H,28,30)(H,29,34)/t18-/m1/s1. The predicted octanol–water partition coefficient (Wildman–Crippen LogP) is 3.00. The molecule has 9 nitrogen and oxygen atoms in total. The van der Waals surface area contributed by atoms with Gasteiger partial charge in [0.2, 0.25) is 5.91 Å². The molecule has 2 N–H and O–H groups in total. The summed E-state index contributed by atoms with van der Waals surface area (Å²) in [4.78, 5) is 36.9. The lowest BCUT2D eigenvalue weighted by Crippen LogP contribution is -2.56. The van der Waals surface area contributed by atoms with E-state index in [9.17, 15) is 9.59 Å². The maximum Gasteiger partial charge on any atom is 0.251 e. The number of hydrogen-bond donors (Lipinski definition) is 2. The maximum absolute atomic E-state index is 12.9. The third-order valence-electron chi connectivity index (χ3n) is 7.60. The number of likely N-dealkylation sites (tertiary alicyclic amines) is 1. The van der Waals surface area contributed by atoms with E-state index < -0.39 is 0 Å². The number of rotatable bonds is 5. The Kier molecular flexibility index (Phi) is 7.11. The summed E-state index contributed by atoms with van der Waals surface area (Å²) < 4.78 is 5.56. The van der Waals surface area contributed by atoms with Gasteiger partial charge in [-0.3, -0.25) is 9.59 Å². The van der Waals surface area contributed by atoms with E-state index in [1.807, 2.05) is 43.3 Å². The van der Waals surface area contributed by atoms with E-state index >= 15 is 0 Å². The second kappa shape index (κ2) is 10.4. The Bertz CT molecular complexity index is 1110. The lowest BCUT2D eigenvalue weighted by atomic mass is 10.0. The molecule has 0 saturated carbocycles. The molecule has 2 aromatic rings. The number of carbonyl (C=O) groups excluding carboxylic acids is 2. The van der Waals surface area contributed by atoms with Gasteiger partial charge in [0.1, 0.15) is 11.9 Å². The molecule has 2 fully saturated rings. The van der Waals surface area contributed by atoms with E-state index in [0.29, 0.717) is 24.6 Å². The molecular formula is C27H36N6O3. The molecule has 2 amide bonds. The Hall–Kier alpha value is -3.17. The zero-order valence-electron chi connectivity index (χ0n) is 21.4. The van der Waals surface area contributed by atoms with Crippen LogP contribution >= 0.6 is 0 Å². The molecule has 1 aromatic heterocycles. The first kappa shape index (κ1) is 24.5. The van der Waals surface area contributed by atoms with Crippen LogP contribution in [0.1, 0.15) is 43.0 Å². The number of benzene rings is 1. The van der Waals surface area contributed by atoms with Crippen molar-refractivity contribution in [2.45, 2.75) is 50.7 Å². The minimum absolute atomic E-state index is 0.0498. The fourth-order valence-corrected chi connectivity index (χ4v) is 5.42. The topological polar surface area (TPSA) is 90.0 Å². The van der Waals surface area contributed by atoms with Gasteiger partial charge in [-0.05, 0) is 83.1 Å². The molecule has 1 atom stereocenters. The minimum Gasteiger partial charge on any atom is -0.381 e. The number of pyridine rings is 1. The second-order valence-corrected chi connectivity index (χ2v) is 10.1. The summed E-state index contributed by atoms with van der Waals surface area (Å²) in [6.45, 7) is 5.34. The summed E-state index contributed by atoms with van der Waals surface area (Å²) in [6.07, 6.45) is 3.68. The van der Waals surface area contributed by atoms with Gasteiger partial charge in [-0.1, -0.05) is 6.07 Å². The highest BCUT2D eigenvalue weighted by molar-refractivity contribution is 6.04. The summed E-state index contributed by atoms with van der Waals surface area (Å²) in [7, 11) is 3.92. The van der Waals surface area contributed by atoms with Crippen LogP contribution in [-0.2, 0) is 9.53 Å². The summed E-state index contributed by atoms with van der Waals surface area (Å²) in [6, 6.07) is 11.5. The number of ether oxygens (including phenoxy) is 1. The summed E-state index contributed by atoms with van der Waals surface area (Å²) >= 11 is 0. The highest BCUT2D eigenvalue weighted by Gasteiger charge is 2.39. The number of nitrogens with one attached hydrogen (secondary N) is 2. The van der Waals surface area contributed by atoms with Crippen molar-refractivity contribution >= 4 is 34.8 Å². The van der Waals surface area contributed by atoms with Crippen molar-refractivity contribution in [3.8, 4) is 0 Å². The van der Waals surface area contributed by atoms with Crippen molar-refractivity contribution in [1.29, 1.82) is 0 Å². The van der Waals surface area contributed by atoms with E-state index in [-0.39, 0.29) is 29.9 Å². The lowest BCUT2D eigenvalue weighted by Gasteiger charge is -2.44. The van der Waals surface area contributed by atoms with Gasteiger partial charge in [0.25, 0.3) is 5.91 Å². The van der Waals surface area contributed by atoms with Crippen LogP contribution in [0.3, 0.4) is 0 Å². The first-order chi connectivity index (χ1) is 17.4. The fourth-order valence-electron chi connectivity index (χ4n) is 5.42. The van der Waals surface area contributed by atoms with Gasteiger partial charge in [0.15, 0.2) is 5.82 Å². The number of amides is 2. The smallest absolute Gasteiger partial charge is 0.251 e. The number of anilines is 4. The molecule has 0 radical (unpaired) electrons. The van der Waals surface area contributed by atoms with Crippen LogP contribution in [0.25, 0.3) is 0 Å². The average Bonchev–Trinajstić information content (AvgIpc) is 2.89. The summed E-state index contributed by atoms with van der Waals surface area (Å²) in [5.41, 5.74) is 2.23. The van der Waals surface area contributed by atoms with Crippen molar-refractivity contribution in [3.63, 3.8) is 0 Å². The Morgan fingerprint density at radius 3 is 2.56 bits per heavy atom. The number of carbonyl (C=O) groups is 2. The molecule has 192 valence electrons. The Balaban J connectivity index is 1.35. The van der Waals surface area contributed by atoms with E-state index in [0.717, 1.165) is 56.0 Å². The Morgan fingerprint density at radius 2 is 1.81 bits per heavy atom. The molecule has 9 heteroatoms. The van der Waals surface area contributed by atoms with Gasteiger partial charge in [0, 0.05) is 43.6 Å². The first-order valence-corrected chi connectivity index (χ1v) is 12.9. The zero-order valence-corrected chi connectivity index (χ0v) is 21.4. The second-order valence-electron chi connectivity index (χ2n) is 10.1. The van der Waals surface area contributed by atoms with Crippen LogP contribution in [0, 0.1) is 0 Å². The SMILES string of the molecule is C[C@@H]1C(=O)N(C)c2ccc(Nc3cccc(C(=O)NC4CCN(C)CC4)c3)nc2N1C1CCOCC1. The van der Waals surface area contributed by atoms with E-state index in [1.54, 1.807) is 11.9 Å². The minimum atomic E-state index is -0.292. The number of fused-ring (bicyclic) bond motifs is 1. The Morgan fingerprint density at radius 1 is 1.06 bits per heavy atom. The number of hydrogen-bond acceptors (Lipinski definition) is 7. The van der Waals surface area contributed by atoms with Gasteiger partial charge in [-0.2, -0.15) is 0 Å². The van der Waals surface area contributed by atoms with E-state index in [4.69, 9.17) is 9.72 Å². The molecule has 5 rings (SSSR count). The number of nitrogens with zero attached hydrogens (tertiary/aromatic N) is 4. The molecule has 1 aromatic carbocycles.